The van der Waals surface area contributed by atoms with E-state index in [2.05, 4.69) is 35.3 Å². The van der Waals surface area contributed by atoms with Gasteiger partial charge in [-0.25, -0.2) is 0 Å². The maximum Gasteiger partial charge on any atom is 0.0447 e. The molecular formula is C12H24N2S2. The lowest BCUT2D eigenvalue weighted by molar-refractivity contribution is 0.0905. The Morgan fingerprint density at radius 3 is 2.88 bits per heavy atom. The average molecular weight is 260 g/mol. The first-order valence-electron chi connectivity index (χ1n) is 6.44. The molecule has 2 nitrogen and oxygen atoms in total. The van der Waals surface area contributed by atoms with Crippen molar-refractivity contribution in [3.63, 3.8) is 0 Å². The van der Waals surface area contributed by atoms with Crippen LogP contribution in [-0.2, 0) is 0 Å². The highest BCUT2D eigenvalue weighted by molar-refractivity contribution is 8.00. The van der Waals surface area contributed by atoms with E-state index in [0.717, 1.165) is 6.54 Å². The molecule has 2 N–H and O–H groups in total. The van der Waals surface area contributed by atoms with Gasteiger partial charge in [-0.05, 0) is 37.3 Å². The number of nitrogens with two attached hydrogens (primary N) is 1. The van der Waals surface area contributed by atoms with Crippen LogP contribution in [0.15, 0.2) is 0 Å². The van der Waals surface area contributed by atoms with Gasteiger partial charge in [0, 0.05) is 29.6 Å². The summed E-state index contributed by atoms with van der Waals surface area (Å²) in [6.07, 6.45) is 3.99. The third kappa shape index (κ3) is 2.55. The number of hydrogen-bond acceptors (Lipinski definition) is 4. The van der Waals surface area contributed by atoms with Crippen LogP contribution in [-0.4, -0.2) is 52.6 Å². The molecule has 94 valence electrons. The van der Waals surface area contributed by atoms with E-state index in [9.17, 15) is 0 Å². The summed E-state index contributed by atoms with van der Waals surface area (Å²) < 4.78 is 0. The van der Waals surface area contributed by atoms with E-state index in [-0.39, 0.29) is 0 Å². The fraction of sp³-hybridized carbons (Fsp3) is 1.00. The van der Waals surface area contributed by atoms with E-state index in [4.69, 9.17) is 5.73 Å². The van der Waals surface area contributed by atoms with Crippen molar-refractivity contribution >= 4 is 23.5 Å². The number of hydrogen-bond donors (Lipinski definition) is 1. The van der Waals surface area contributed by atoms with Crippen LogP contribution in [0, 0.1) is 0 Å². The number of rotatable bonds is 2. The second kappa shape index (κ2) is 5.98. The second-order valence-electron chi connectivity index (χ2n) is 4.88. The molecule has 2 aliphatic heterocycles. The lowest BCUT2D eigenvalue weighted by Crippen LogP contribution is -2.61. The molecule has 0 radical (unpaired) electrons. The molecule has 2 aliphatic rings. The van der Waals surface area contributed by atoms with Crippen molar-refractivity contribution < 1.29 is 0 Å². The summed E-state index contributed by atoms with van der Waals surface area (Å²) >= 11 is 4.23. The van der Waals surface area contributed by atoms with Gasteiger partial charge < -0.3 is 5.73 Å². The molecule has 2 saturated heterocycles. The van der Waals surface area contributed by atoms with Gasteiger partial charge in [-0.15, -0.1) is 0 Å². The molecule has 0 aromatic carbocycles. The molecule has 4 heteroatoms. The minimum absolute atomic E-state index is 0.299. The van der Waals surface area contributed by atoms with Gasteiger partial charge in [-0.3, -0.25) is 4.90 Å². The van der Waals surface area contributed by atoms with Crippen molar-refractivity contribution in [2.75, 3.05) is 36.9 Å². The molecule has 0 saturated carbocycles. The monoisotopic (exact) mass is 260 g/mol. The molecule has 0 amide bonds. The number of nitrogens with zero attached hydrogens (tertiary/aromatic N) is 1. The molecule has 2 atom stereocenters. The Hall–Kier alpha value is 0.620. The molecule has 0 aliphatic carbocycles. The topological polar surface area (TPSA) is 29.3 Å². The Bertz CT molecular complexity index is 217. The lowest BCUT2D eigenvalue weighted by atomic mass is 9.87. The summed E-state index contributed by atoms with van der Waals surface area (Å²) in [7, 11) is 0. The summed E-state index contributed by atoms with van der Waals surface area (Å²) in [6.45, 7) is 5.72. The van der Waals surface area contributed by atoms with Crippen LogP contribution in [0.5, 0.6) is 0 Å². The lowest BCUT2D eigenvalue weighted by Gasteiger charge is -2.49. The highest BCUT2D eigenvalue weighted by Gasteiger charge is 2.42. The van der Waals surface area contributed by atoms with Crippen LogP contribution in [0.4, 0.5) is 0 Å². The van der Waals surface area contributed by atoms with Crippen molar-refractivity contribution in [2.24, 2.45) is 5.73 Å². The van der Waals surface area contributed by atoms with Crippen LogP contribution >= 0.6 is 23.5 Å². The van der Waals surface area contributed by atoms with E-state index in [1.165, 1.54) is 49.6 Å². The molecule has 2 rings (SSSR count). The summed E-state index contributed by atoms with van der Waals surface area (Å²) in [6, 6.07) is 0. The summed E-state index contributed by atoms with van der Waals surface area (Å²) in [5, 5.41) is 0.703. The third-order valence-electron chi connectivity index (χ3n) is 4.08. The zero-order chi connectivity index (χ0) is 11.4. The molecule has 2 unspecified atom stereocenters. The van der Waals surface area contributed by atoms with Crippen LogP contribution in [0.3, 0.4) is 0 Å². The van der Waals surface area contributed by atoms with Gasteiger partial charge in [0.2, 0.25) is 0 Å². The predicted octanol–water partition coefficient (Wildman–Crippen LogP) is 2.04. The van der Waals surface area contributed by atoms with Crippen molar-refractivity contribution in [1.29, 1.82) is 0 Å². The van der Waals surface area contributed by atoms with Crippen molar-refractivity contribution in [1.82, 2.24) is 4.90 Å². The SMILES string of the molecule is CC1SCCCC1(CN)N1CCCSCC1. The summed E-state index contributed by atoms with van der Waals surface area (Å²) in [5.74, 6) is 3.95. The third-order valence-corrected chi connectivity index (χ3v) is 6.60. The van der Waals surface area contributed by atoms with Gasteiger partial charge in [-0.2, -0.15) is 23.5 Å². The Labute approximate surface area is 108 Å². The van der Waals surface area contributed by atoms with Gasteiger partial charge in [0.15, 0.2) is 0 Å². The first-order valence-corrected chi connectivity index (χ1v) is 8.64. The zero-order valence-corrected chi connectivity index (χ0v) is 11.9. The van der Waals surface area contributed by atoms with Crippen LogP contribution in [0.25, 0.3) is 0 Å². The molecule has 2 heterocycles. The molecule has 0 aromatic heterocycles. The van der Waals surface area contributed by atoms with Gasteiger partial charge in [-0.1, -0.05) is 6.92 Å². The van der Waals surface area contributed by atoms with E-state index in [0.29, 0.717) is 10.8 Å². The van der Waals surface area contributed by atoms with Gasteiger partial charge in [0.05, 0.1) is 0 Å². The van der Waals surface area contributed by atoms with Crippen LogP contribution in [0.2, 0.25) is 0 Å². The molecule has 2 fully saturated rings. The molecular weight excluding hydrogens is 236 g/mol. The maximum atomic E-state index is 6.15. The Balaban J connectivity index is 2.10. The average Bonchev–Trinajstić information content (AvgIpc) is 2.59. The fourth-order valence-corrected chi connectivity index (χ4v) is 5.23. The van der Waals surface area contributed by atoms with Gasteiger partial charge in [0.1, 0.15) is 0 Å². The van der Waals surface area contributed by atoms with Crippen LogP contribution < -0.4 is 5.73 Å². The molecule has 0 spiro atoms. The predicted molar refractivity (Wildman–Crippen MR) is 76.5 cm³/mol. The maximum absolute atomic E-state index is 6.15. The fourth-order valence-electron chi connectivity index (χ4n) is 3.00. The molecule has 16 heavy (non-hydrogen) atoms. The first-order chi connectivity index (χ1) is 7.79. The summed E-state index contributed by atoms with van der Waals surface area (Å²) in [5.41, 5.74) is 6.45. The quantitative estimate of drug-likeness (QED) is 0.823. The Morgan fingerprint density at radius 1 is 1.25 bits per heavy atom. The van der Waals surface area contributed by atoms with E-state index in [1.807, 2.05) is 0 Å². The summed E-state index contributed by atoms with van der Waals surface area (Å²) in [4.78, 5) is 2.71. The van der Waals surface area contributed by atoms with Crippen molar-refractivity contribution in [3.8, 4) is 0 Å². The minimum atomic E-state index is 0.299. The van der Waals surface area contributed by atoms with Crippen molar-refractivity contribution in [3.05, 3.63) is 0 Å². The molecule has 0 aromatic rings. The highest BCUT2D eigenvalue weighted by Crippen LogP contribution is 2.38. The minimum Gasteiger partial charge on any atom is -0.329 e. The van der Waals surface area contributed by atoms with Gasteiger partial charge in [0.25, 0.3) is 0 Å². The van der Waals surface area contributed by atoms with Crippen LogP contribution in [0.1, 0.15) is 26.2 Å². The van der Waals surface area contributed by atoms with Gasteiger partial charge >= 0.3 is 0 Å². The molecule has 0 bridgehead atoms. The Kier molecular flexibility index (Phi) is 4.89. The normalized spacial score (nSPS) is 38.2. The Morgan fingerprint density at radius 2 is 2.12 bits per heavy atom. The smallest absolute Gasteiger partial charge is 0.0447 e. The largest absolute Gasteiger partial charge is 0.329 e. The highest BCUT2D eigenvalue weighted by atomic mass is 32.2. The van der Waals surface area contributed by atoms with Crippen molar-refractivity contribution in [2.45, 2.75) is 37.0 Å². The first kappa shape index (κ1) is 13.1. The van der Waals surface area contributed by atoms with E-state index in [1.54, 1.807) is 0 Å². The standard InChI is InChI=1S/C12H24N2S2/c1-11-12(10-13,4-2-8-16-11)14-5-3-7-15-9-6-14/h11H,2-10,13H2,1H3. The van der Waals surface area contributed by atoms with E-state index >= 15 is 0 Å². The van der Waals surface area contributed by atoms with E-state index < -0.39 is 0 Å². The zero-order valence-electron chi connectivity index (χ0n) is 10.3. The second-order valence-corrected chi connectivity index (χ2v) is 7.55. The number of thioether (sulfide) groups is 2.